The summed E-state index contributed by atoms with van der Waals surface area (Å²) in [5.41, 5.74) is 1.34. The van der Waals surface area contributed by atoms with E-state index in [1.165, 1.54) is 6.07 Å². The monoisotopic (exact) mass is 269 g/mol. The number of terminal acetylenes is 1. The van der Waals surface area contributed by atoms with Crippen LogP contribution in [0, 0.1) is 12.3 Å². The van der Waals surface area contributed by atoms with Crippen molar-refractivity contribution in [3.63, 3.8) is 0 Å². The minimum atomic E-state index is -0.536. The molecular weight excluding hydrogens is 254 g/mol. The number of aromatic hydroxyl groups is 3. The van der Waals surface area contributed by atoms with Crippen molar-refractivity contribution in [2.24, 2.45) is 0 Å². The Morgan fingerprint density at radius 2 is 1.70 bits per heavy atom. The van der Waals surface area contributed by atoms with E-state index >= 15 is 0 Å². The van der Waals surface area contributed by atoms with E-state index in [9.17, 15) is 15.3 Å². The molecule has 0 aliphatic heterocycles. The number of hydrogen-bond donors (Lipinski definition) is 4. The van der Waals surface area contributed by atoms with Gasteiger partial charge in [0.25, 0.3) is 0 Å². The molecule has 2 aromatic carbocycles. The first-order valence-corrected chi connectivity index (χ1v) is 6.10. The Hall–Kier alpha value is -2.64. The van der Waals surface area contributed by atoms with Crippen LogP contribution < -0.4 is 5.32 Å². The second kappa shape index (κ2) is 6.00. The molecule has 4 nitrogen and oxygen atoms in total. The van der Waals surface area contributed by atoms with Gasteiger partial charge in [-0.25, -0.2) is 0 Å². The topological polar surface area (TPSA) is 72.7 Å². The van der Waals surface area contributed by atoms with Gasteiger partial charge in [0.05, 0.1) is 12.6 Å². The SMILES string of the molecule is C#CCNC(c1ccccc1)c1ccc(O)c(O)c1O. The van der Waals surface area contributed by atoms with Gasteiger partial charge < -0.3 is 15.3 Å². The molecule has 0 spiro atoms. The molecule has 20 heavy (non-hydrogen) atoms. The van der Waals surface area contributed by atoms with Crippen molar-refractivity contribution in [3.8, 4) is 29.6 Å². The van der Waals surface area contributed by atoms with E-state index in [0.717, 1.165) is 5.56 Å². The van der Waals surface area contributed by atoms with Crippen molar-refractivity contribution in [1.82, 2.24) is 5.32 Å². The molecule has 102 valence electrons. The molecule has 0 heterocycles. The minimum absolute atomic E-state index is 0.306. The summed E-state index contributed by atoms with van der Waals surface area (Å²) in [6.45, 7) is 0.306. The average molecular weight is 269 g/mol. The zero-order valence-electron chi connectivity index (χ0n) is 10.7. The smallest absolute Gasteiger partial charge is 0.200 e. The number of phenols is 3. The van der Waals surface area contributed by atoms with Gasteiger partial charge in [0.1, 0.15) is 0 Å². The number of rotatable bonds is 4. The summed E-state index contributed by atoms with van der Waals surface area (Å²) in [5.74, 6) is 1.22. The van der Waals surface area contributed by atoms with E-state index in [-0.39, 0.29) is 17.5 Å². The van der Waals surface area contributed by atoms with Crippen LogP contribution in [0.2, 0.25) is 0 Å². The third kappa shape index (κ3) is 2.68. The summed E-state index contributed by atoms with van der Waals surface area (Å²) in [4.78, 5) is 0. The molecule has 0 fully saturated rings. The first-order chi connectivity index (χ1) is 9.65. The molecular formula is C16H15NO3. The van der Waals surface area contributed by atoms with Crippen LogP contribution in [-0.2, 0) is 0 Å². The lowest BCUT2D eigenvalue weighted by Gasteiger charge is -2.20. The third-order valence-corrected chi connectivity index (χ3v) is 3.01. The molecule has 0 bridgehead atoms. The maximum absolute atomic E-state index is 10.0. The van der Waals surface area contributed by atoms with Gasteiger partial charge in [0.2, 0.25) is 5.75 Å². The van der Waals surface area contributed by atoms with E-state index < -0.39 is 5.75 Å². The number of benzene rings is 2. The van der Waals surface area contributed by atoms with E-state index in [4.69, 9.17) is 6.42 Å². The van der Waals surface area contributed by atoms with Gasteiger partial charge in [-0.3, -0.25) is 5.32 Å². The van der Waals surface area contributed by atoms with Gasteiger partial charge in [-0.15, -0.1) is 6.42 Å². The maximum Gasteiger partial charge on any atom is 0.200 e. The predicted molar refractivity (Wildman–Crippen MR) is 76.6 cm³/mol. The molecule has 1 unspecified atom stereocenters. The summed E-state index contributed by atoms with van der Waals surface area (Å²) in [6, 6.07) is 11.9. The molecule has 0 saturated carbocycles. The summed E-state index contributed by atoms with van der Waals surface area (Å²) in [7, 11) is 0. The number of nitrogens with one attached hydrogen (secondary N) is 1. The average Bonchev–Trinajstić information content (AvgIpc) is 2.48. The van der Waals surface area contributed by atoms with Crippen LogP contribution in [-0.4, -0.2) is 21.9 Å². The molecule has 4 heteroatoms. The number of phenolic OH excluding ortho intramolecular Hbond substituents is 3. The lowest BCUT2D eigenvalue weighted by molar-refractivity contribution is 0.362. The predicted octanol–water partition coefficient (Wildman–Crippen LogP) is 2.12. The highest BCUT2D eigenvalue weighted by Gasteiger charge is 2.20. The summed E-state index contributed by atoms with van der Waals surface area (Å²) in [6.07, 6.45) is 5.26. The quantitative estimate of drug-likeness (QED) is 0.507. The molecule has 0 aliphatic carbocycles. The van der Waals surface area contributed by atoms with Gasteiger partial charge in [-0.2, -0.15) is 0 Å². The van der Waals surface area contributed by atoms with Gasteiger partial charge in [0, 0.05) is 5.56 Å². The van der Waals surface area contributed by atoms with Crippen molar-refractivity contribution in [2.75, 3.05) is 6.54 Å². The molecule has 0 amide bonds. The largest absolute Gasteiger partial charge is 0.504 e. The summed E-state index contributed by atoms with van der Waals surface area (Å²) >= 11 is 0. The van der Waals surface area contributed by atoms with Gasteiger partial charge in [-0.05, 0) is 17.7 Å². The first-order valence-electron chi connectivity index (χ1n) is 6.10. The Morgan fingerprint density at radius 1 is 1.00 bits per heavy atom. The van der Waals surface area contributed by atoms with E-state index in [1.807, 2.05) is 30.3 Å². The summed E-state index contributed by atoms with van der Waals surface area (Å²) in [5, 5.41) is 32.1. The van der Waals surface area contributed by atoms with E-state index in [2.05, 4.69) is 11.2 Å². The normalized spacial score (nSPS) is 11.8. The second-order valence-corrected chi connectivity index (χ2v) is 4.30. The fourth-order valence-corrected chi connectivity index (χ4v) is 2.03. The maximum atomic E-state index is 10.0. The molecule has 1 atom stereocenters. The van der Waals surface area contributed by atoms with Gasteiger partial charge >= 0.3 is 0 Å². The molecule has 4 N–H and O–H groups in total. The van der Waals surface area contributed by atoms with Crippen molar-refractivity contribution >= 4 is 0 Å². The van der Waals surface area contributed by atoms with E-state index in [1.54, 1.807) is 6.07 Å². The zero-order valence-corrected chi connectivity index (χ0v) is 10.7. The van der Waals surface area contributed by atoms with Gasteiger partial charge in [0.15, 0.2) is 11.5 Å². The Bertz CT molecular complexity index is 632. The van der Waals surface area contributed by atoms with Crippen LogP contribution in [0.15, 0.2) is 42.5 Å². The van der Waals surface area contributed by atoms with Crippen molar-refractivity contribution in [2.45, 2.75) is 6.04 Å². The standard InChI is InChI=1S/C16H15NO3/c1-2-10-17-14(11-6-4-3-5-7-11)12-8-9-13(18)16(20)15(12)19/h1,3-9,14,17-20H,10H2. The molecule has 0 aromatic heterocycles. The third-order valence-electron chi connectivity index (χ3n) is 3.01. The lowest BCUT2D eigenvalue weighted by Crippen LogP contribution is -2.22. The van der Waals surface area contributed by atoms with Crippen LogP contribution in [0.3, 0.4) is 0 Å². The Balaban J connectivity index is 2.47. The van der Waals surface area contributed by atoms with Crippen molar-refractivity contribution in [3.05, 3.63) is 53.6 Å². The molecule has 0 radical (unpaired) electrons. The fourth-order valence-electron chi connectivity index (χ4n) is 2.03. The Morgan fingerprint density at radius 3 is 2.35 bits per heavy atom. The molecule has 0 saturated heterocycles. The minimum Gasteiger partial charge on any atom is -0.504 e. The van der Waals surface area contributed by atoms with Crippen LogP contribution in [0.25, 0.3) is 0 Å². The fraction of sp³-hybridized carbons (Fsp3) is 0.125. The van der Waals surface area contributed by atoms with Crippen LogP contribution in [0.5, 0.6) is 17.2 Å². The van der Waals surface area contributed by atoms with Crippen LogP contribution in [0.1, 0.15) is 17.2 Å². The zero-order chi connectivity index (χ0) is 14.5. The van der Waals surface area contributed by atoms with Crippen molar-refractivity contribution < 1.29 is 15.3 Å². The highest BCUT2D eigenvalue weighted by molar-refractivity contribution is 5.55. The van der Waals surface area contributed by atoms with Crippen LogP contribution >= 0.6 is 0 Å². The number of hydrogen-bond acceptors (Lipinski definition) is 4. The van der Waals surface area contributed by atoms with Gasteiger partial charge in [-0.1, -0.05) is 36.3 Å². The lowest BCUT2D eigenvalue weighted by atomic mass is 9.97. The molecule has 2 rings (SSSR count). The molecule has 0 aliphatic rings. The van der Waals surface area contributed by atoms with Crippen LogP contribution in [0.4, 0.5) is 0 Å². The van der Waals surface area contributed by atoms with Crippen molar-refractivity contribution in [1.29, 1.82) is 0 Å². The Labute approximate surface area is 117 Å². The summed E-state index contributed by atoms with van der Waals surface area (Å²) < 4.78 is 0. The highest BCUT2D eigenvalue weighted by Crippen LogP contribution is 2.41. The highest BCUT2D eigenvalue weighted by atomic mass is 16.3. The second-order valence-electron chi connectivity index (χ2n) is 4.30. The Kier molecular flexibility index (Phi) is 4.14. The first kappa shape index (κ1) is 13.8. The molecule has 2 aromatic rings. The van der Waals surface area contributed by atoms with E-state index in [0.29, 0.717) is 12.1 Å².